The summed E-state index contributed by atoms with van der Waals surface area (Å²) in [7, 11) is 1.32. The van der Waals surface area contributed by atoms with Crippen molar-refractivity contribution >= 4 is 23.4 Å². The van der Waals surface area contributed by atoms with E-state index in [2.05, 4.69) is 61.5 Å². The summed E-state index contributed by atoms with van der Waals surface area (Å²) in [6.45, 7) is 13.0. The van der Waals surface area contributed by atoms with E-state index in [4.69, 9.17) is 14.2 Å². The number of benzene rings is 2. The molecular weight excluding hydrogens is 550 g/mol. The van der Waals surface area contributed by atoms with E-state index in [1.165, 1.54) is 35.8 Å². The number of esters is 1. The monoisotopic (exact) mass is 585 g/mol. The predicted molar refractivity (Wildman–Crippen MR) is 165 cm³/mol. The molecule has 4 aromatic rings. The predicted octanol–water partition coefficient (Wildman–Crippen LogP) is 4.84. The highest BCUT2D eigenvalue weighted by Gasteiger charge is 2.31. The number of aryl methyl sites for hydroxylation is 3. The molecule has 218 valence electrons. The summed E-state index contributed by atoms with van der Waals surface area (Å²) < 4.78 is 21.0. The molecule has 8 nitrogen and oxygen atoms in total. The second-order valence-corrected chi connectivity index (χ2v) is 11.2. The molecule has 1 atom stereocenters. The average Bonchev–Trinajstić information content (AvgIpc) is 3.43. The van der Waals surface area contributed by atoms with Crippen LogP contribution in [0.1, 0.15) is 53.5 Å². The molecule has 0 fully saturated rings. The van der Waals surface area contributed by atoms with E-state index < -0.39 is 12.0 Å². The molecule has 0 saturated carbocycles. The van der Waals surface area contributed by atoms with E-state index in [0.29, 0.717) is 39.6 Å². The van der Waals surface area contributed by atoms with Crippen molar-refractivity contribution in [3.63, 3.8) is 0 Å². The highest BCUT2D eigenvalue weighted by atomic mass is 32.1. The van der Waals surface area contributed by atoms with E-state index in [0.717, 1.165) is 22.6 Å². The van der Waals surface area contributed by atoms with Crippen LogP contribution in [-0.4, -0.2) is 35.4 Å². The summed E-state index contributed by atoms with van der Waals surface area (Å²) in [6, 6.07) is 13.2. The molecule has 0 unspecified atom stereocenters. The Morgan fingerprint density at radius 2 is 1.74 bits per heavy atom. The summed E-state index contributed by atoms with van der Waals surface area (Å²) in [5.41, 5.74) is 7.27. The Labute approximate surface area is 248 Å². The molecule has 1 aliphatic heterocycles. The molecule has 3 heterocycles. The van der Waals surface area contributed by atoms with Crippen molar-refractivity contribution in [2.24, 2.45) is 4.99 Å². The first kappa shape index (κ1) is 29.1. The minimum absolute atomic E-state index is 0.235. The molecule has 1 aliphatic rings. The molecule has 42 heavy (non-hydrogen) atoms. The Bertz CT molecular complexity index is 1890. The lowest BCUT2D eigenvalue weighted by Gasteiger charge is -2.23. The summed E-state index contributed by atoms with van der Waals surface area (Å²) in [5, 5.41) is 0. The van der Waals surface area contributed by atoms with Gasteiger partial charge >= 0.3 is 5.97 Å². The van der Waals surface area contributed by atoms with Crippen LogP contribution in [0, 0.1) is 27.7 Å². The molecule has 5 rings (SSSR count). The fourth-order valence-electron chi connectivity index (χ4n) is 5.49. The van der Waals surface area contributed by atoms with Crippen LogP contribution in [0.5, 0.6) is 11.5 Å². The van der Waals surface area contributed by atoms with Crippen LogP contribution in [0.4, 0.5) is 0 Å². The van der Waals surface area contributed by atoms with Crippen molar-refractivity contribution in [1.82, 2.24) is 9.13 Å². The van der Waals surface area contributed by atoms with Gasteiger partial charge in [0.1, 0.15) is 0 Å². The lowest BCUT2D eigenvalue weighted by molar-refractivity contribution is -0.136. The third kappa shape index (κ3) is 5.20. The Hall–Kier alpha value is -4.37. The smallest absolute Gasteiger partial charge is 0.337 e. The topological polar surface area (TPSA) is 84.0 Å². The maximum atomic E-state index is 14.0. The van der Waals surface area contributed by atoms with E-state index in [-0.39, 0.29) is 11.1 Å². The second-order valence-electron chi connectivity index (χ2n) is 10.2. The van der Waals surface area contributed by atoms with Gasteiger partial charge in [-0.2, -0.15) is 0 Å². The summed E-state index contributed by atoms with van der Waals surface area (Å²) in [4.78, 5) is 31.9. The van der Waals surface area contributed by atoms with Crippen molar-refractivity contribution in [3.8, 4) is 17.2 Å². The number of methoxy groups -OCH3 is 1. The van der Waals surface area contributed by atoms with Crippen molar-refractivity contribution in [2.75, 3.05) is 20.3 Å². The largest absolute Gasteiger partial charge is 0.490 e. The molecule has 0 radical (unpaired) electrons. The standard InChI is InChI=1S/C33H35N3O5S/c1-8-40-27-13-11-23(16-28(27)41-9-2)30-25(32(38)39-7)18-34-33-36(30)31(37)29(42-33)17-24-15-21(5)35(22(24)6)26-12-10-19(3)14-20(26)4/h10-18,30H,8-9H2,1-7H3/b29-17-/t30-/m0/s1. The van der Waals surface area contributed by atoms with Crippen LogP contribution in [0.15, 0.2) is 64.0 Å². The van der Waals surface area contributed by atoms with Crippen molar-refractivity contribution < 1.29 is 19.0 Å². The minimum atomic E-state index is -0.742. The fourth-order valence-corrected chi connectivity index (χ4v) is 6.45. The SMILES string of the molecule is CCOc1ccc([C@H]2C(C(=O)OC)=CN=c3s/c(=C\c4cc(C)n(-c5ccc(C)cc5C)c4C)c(=O)n32)cc1OCC. The van der Waals surface area contributed by atoms with Crippen LogP contribution in [-0.2, 0) is 9.53 Å². The number of hydrogen-bond donors (Lipinski definition) is 0. The number of ether oxygens (including phenoxy) is 3. The van der Waals surface area contributed by atoms with Crippen LogP contribution >= 0.6 is 11.3 Å². The van der Waals surface area contributed by atoms with Gasteiger partial charge in [0.25, 0.3) is 5.56 Å². The first-order valence-corrected chi connectivity index (χ1v) is 14.8. The molecule has 9 heteroatoms. The Kier molecular flexibility index (Phi) is 8.22. The normalized spacial score (nSPS) is 14.7. The molecule has 0 saturated heterocycles. The second kappa shape index (κ2) is 11.9. The number of hydrogen-bond acceptors (Lipinski definition) is 7. The summed E-state index contributed by atoms with van der Waals surface area (Å²) in [5.74, 6) is 0.583. The van der Waals surface area contributed by atoms with Crippen LogP contribution in [0.3, 0.4) is 0 Å². The van der Waals surface area contributed by atoms with Gasteiger partial charge in [-0.1, -0.05) is 35.1 Å². The first-order chi connectivity index (χ1) is 20.2. The number of rotatable bonds is 8. The van der Waals surface area contributed by atoms with E-state index in [1.54, 1.807) is 10.6 Å². The molecule has 0 spiro atoms. The number of thiazole rings is 1. The Morgan fingerprint density at radius 1 is 1.00 bits per heavy atom. The molecule has 0 aliphatic carbocycles. The van der Waals surface area contributed by atoms with Crippen LogP contribution < -0.4 is 24.4 Å². The maximum absolute atomic E-state index is 14.0. The Balaban J connectivity index is 1.66. The Morgan fingerprint density at radius 3 is 2.43 bits per heavy atom. The van der Waals surface area contributed by atoms with E-state index in [9.17, 15) is 9.59 Å². The van der Waals surface area contributed by atoms with Crippen molar-refractivity contribution in [3.05, 3.63) is 108 Å². The van der Waals surface area contributed by atoms with Gasteiger partial charge < -0.3 is 18.8 Å². The van der Waals surface area contributed by atoms with E-state index in [1.807, 2.05) is 32.1 Å². The fraction of sp³-hybridized carbons (Fsp3) is 0.303. The minimum Gasteiger partial charge on any atom is -0.490 e. The zero-order valence-electron chi connectivity index (χ0n) is 25.0. The van der Waals surface area contributed by atoms with Crippen molar-refractivity contribution in [2.45, 2.75) is 47.6 Å². The number of carbonyl (C=O) groups is 1. The number of fused-ring (bicyclic) bond motifs is 1. The van der Waals surface area contributed by atoms with Crippen LogP contribution in [0.2, 0.25) is 0 Å². The van der Waals surface area contributed by atoms with Gasteiger partial charge in [-0.3, -0.25) is 9.36 Å². The van der Waals surface area contributed by atoms with Gasteiger partial charge in [-0.15, -0.1) is 0 Å². The number of carbonyl (C=O) groups excluding carboxylic acids is 1. The van der Waals surface area contributed by atoms with E-state index >= 15 is 0 Å². The maximum Gasteiger partial charge on any atom is 0.337 e. The number of nitrogens with zero attached hydrogens (tertiary/aromatic N) is 3. The number of aromatic nitrogens is 2. The van der Waals surface area contributed by atoms with Gasteiger partial charge in [0, 0.05) is 23.3 Å². The van der Waals surface area contributed by atoms with Crippen LogP contribution in [0.25, 0.3) is 11.8 Å². The van der Waals surface area contributed by atoms with Gasteiger partial charge in [0.15, 0.2) is 16.3 Å². The first-order valence-electron chi connectivity index (χ1n) is 13.9. The molecule has 0 bridgehead atoms. The lowest BCUT2D eigenvalue weighted by Crippen LogP contribution is -2.39. The average molecular weight is 586 g/mol. The summed E-state index contributed by atoms with van der Waals surface area (Å²) >= 11 is 1.29. The highest BCUT2D eigenvalue weighted by molar-refractivity contribution is 7.07. The zero-order chi connectivity index (χ0) is 30.1. The van der Waals surface area contributed by atoms with Gasteiger partial charge in [0.05, 0.1) is 36.5 Å². The molecule has 0 amide bonds. The molecule has 2 aromatic carbocycles. The quantitative estimate of drug-likeness (QED) is 0.277. The van der Waals surface area contributed by atoms with Gasteiger partial charge in [0.2, 0.25) is 0 Å². The molecule has 2 aromatic heterocycles. The third-order valence-electron chi connectivity index (χ3n) is 7.36. The van der Waals surface area contributed by atoms with Gasteiger partial charge in [-0.25, -0.2) is 9.79 Å². The molecule has 0 N–H and O–H groups in total. The van der Waals surface area contributed by atoms with Gasteiger partial charge in [-0.05, 0) is 88.6 Å². The summed E-state index contributed by atoms with van der Waals surface area (Å²) in [6.07, 6.45) is 3.41. The lowest BCUT2D eigenvalue weighted by atomic mass is 9.97. The molecular formula is C33H35N3O5S. The zero-order valence-corrected chi connectivity index (χ0v) is 25.8. The van der Waals surface area contributed by atoms with Crippen molar-refractivity contribution in [1.29, 1.82) is 0 Å². The third-order valence-corrected chi connectivity index (χ3v) is 8.36. The highest BCUT2D eigenvalue weighted by Crippen LogP contribution is 2.35.